The predicted molar refractivity (Wildman–Crippen MR) is 52.4 cm³/mol. The van der Waals surface area contributed by atoms with Crippen LogP contribution in [0.3, 0.4) is 0 Å². The number of nitrogens with two attached hydrogens (primary N) is 1. The topological polar surface area (TPSA) is 150 Å². The summed E-state index contributed by atoms with van der Waals surface area (Å²) in [6.07, 6.45) is -0.513. The van der Waals surface area contributed by atoms with E-state index in [-0.39, 0.29) is 12.8 Å². The average molecular weight is 249 g/mol. The van der Waals surface area contributed by atoms with Gasteiger partial charge < -0.3 is 10.8 Å². The zero-order valence-corrected chi connectivity index (χ0v) is 9.03. The standard InChI is InChI=1S/C7H11N3O5S/c8-3-4-16(14,15)10-5(7(12)13)1-2-6(9)11/h5,10H,1-2,4H2,(H2,9,11)(H,12,13)/t5-/m0/s1. The van der Waals surface area contributed by atoms with Crippen LogP contribution in [0, 0.1) is 11.3 Å². The van der Waals surface area contributed by atoms with Crippen LogP contribution in [0.25, 0.3) is 0 Å². The second kappa shape index (κ2) is 6.04. The van der Waals surface area contributed by atoms with Gasteiger partial charge in [0, 0.05) is 6.42 Å². The lowest BCUT2D eigenvalue weighted by Crippen LogP contribution is -2.42. The van der Waals surface area contributed by atoms with E-state index in [2.05, 4.69) is 0 Å². The molecule has 90 valence electrons. The Labute approximate surface area is 92.1 Å². The molecule has 1 atom stereocenters. The summed E-state index contributed by atoms with van der Waals surface area (Å²) in [5.41, 5.74) is 4.80. The van der Waals surface area contributed by atoms with Crippen LogP contribution in [0.1, 0.15) is 12.8 Å². The molecule has 0 saturated heterocycles. The highest BCUT2D eigenvalue weighted by molar-refractivity contribution is 7.89. The van der Waals surface area contributed by atoms with E-state index in [0.717, 1.165) is 0 Å². The number of carboxylic acid groups (broad SMARTS) is 1. The van der Waals surface area contributed by atoms with E-state index in [0.29, 0.717) is 0 Å². The van der Waals surface area contributed by atoms with Crippen molar-refractivity contribution in [2.75, 3.05) is 5.75 Å². The first-order chi connectivity index (χ1) is 7.28. The van der Waals surface area contributed by atoms with E-state index < -0.39 is 33.7 Å². The lowest BCUT2D eigenvalue weighted by Gasteiger charge is -2.12. The second-order valence-corrected chi connectivity index (χ2v) is 4.68. The zero-order valence-electron chi connectivity index (χ0n) is 8.21. The highest BCUT2D eigenvalue weighted by atomic mass is 32.2. The van der Waals surface area contributed by atoms with Crippen molar-refractivity contribution in [1.29, 1.82) is 5.26 Å². The highest BCUT2D eigenvalue weighted by Gasteiger charge is 2.23. The Bertz CT molecular complexity index is 410. The number of rotatable bonds is 7. The summed E-state index contributed by atoms with van der Waals surface area (Å²) in [7, 11) is -3.97. The molecule has 0 aromatic carbocycles. The largest absolute Gasteiger partial charge is 0.480 e. The molecule has 9 heteroatoms. The molecule has 0 saturated carbocycles. The van der Waals surface area contributed by atoms with Crippen molar-refractivity contribution in [1.82, 2.24) is 4.72 Å². The van der Waals surface area contributed by atoms with Gasteiger partial charge in [-0.15, -0.1) is 0 Å². The fourth-order valence-electron chi connectivity index (χ4n) is 0.863. The molecule has 0 aliphatic heterocycles. The van der Waals surface area contributed by atoms with Gasteiger partial charge in [-0.2, -0.15) is 5.26 Å². The molecule has 0 rings (SSSR count). The smallest absolute Gasteiger partial charge is 0.321 e. The molecule has 8 nitrogen and oxygen atoms in total. The third-order valence-corrected chi connectivity index (χ3v) is 2.71. The molecule has 0 unspecified atom stereocenters. The van der Waals surface area contributed by atoms with Crippen molar-refractivity contribution in [3.63, 3.8) is 0 Å². The molecular formula is C7H11N3O5S. The molecule has 4 N–H and O–H groups in total. The fourth-order valence-corrected chi connectivity index (χ4v) is 1.77. The van der Waals surface area contributed by atoms with Crippen LogP contribution in [-0.4, -0.2) is 37.2 Å². The molecule has 0 aliphatic rings. The van der Waals surface area contributed by atoms with E-state index in [4.69, 9.17) is 16.1 Å². The fraction of sp³-hybridized carbons (Fsp3) is 0.571. The number of aliphatic carboxylic acids is 1. The maximum absolute atomic E-state index is 11.1. The highest BCUT2D eigenvalue weighted by Crippen LogP contribution is 2.00. The van der Waals surface area contributed by atoms with Crippen molar-refractivity contribution in [3.8, 4) is 6.07 Å². The van der Waals surface area contributed by atoms with Gasteiger partial charge in [0.25, 0.3) is 0 Å². The minimum atomic E-state index is -3.97. The molecule has 0 heterocycles. The number of nitriles is 1. The summed E-state index contributed by atoms with van der Waals surface area (Å²) >= 11 is 0. The molecular weight excluding hydrogens is 238 g/mol. The Morgan fingerprint density at radius 1 is 1.50 bits per heavy atom. The van der Waals surface area contributed by atoms with E-state index >= 15 is 0 Å². The van der Waals surface area contributed by atoms with E-state index in [1.807, 2.05) is 0 Å². The Morgan fingerprint density at radius 2 is 2.06 bits per heavy atom. The van der Waals surface area contributed by atoms with Crippen LogP contribution in [-0.2, 0) is 19.6 Å². The number of nitrogens with zero attached hydrogens (tertiary/aromatic N) is 1. The van der Waals surface area contributed by atoms with Crippen LogP contribution < -0.4 is 10.5 Å². The first kappa shape index (κ1) is 14.3. The van der Waals surface area contributed by atoms with Crippen molar-refractivity contribution in [2.24, 2.45) is 5.73 Å². The Hall–Kier alpha value is -1.66. The summed E-state index contributed by atoms with van der Waals surface area (Å²) in [5.74, 6) is -3.00. The van der Waals surface area contributed by atoms with E-state index in [1.165, 1.54) is 6.07 Å². The Kier molecular flexibility index (Phi) is 5.41. The van der Waals surface area contributed by atoms with Gasteiger partial charge in [-0.3, -0.25) is 9.59 Å². The minimum absolute atomic E-state index is 0.255. The van der Waals surface area contributed by atoms with Gasteiger partial charge in [-0.1, -0.05) is 0 Å². The van der Waals surface area contributed by atoms with Crippen LogP contribution >= 0.6 is 0 Å². The predicted octanol–water partition coefficient (Wildman–Crippen LogP) is -1.85. The van der Waals surface area contributed by atoms with Gasteiger partial charge in [0.05, 0.1) is 6.07 Å². The summed E-state index contributed by atoms with van der Waals surface area (Å²) < 4.78 is 23.9. The average Bonchev–Trinajstić information content (AvgIpc) is 2.11. The van der Waals surface area contributed by atoms with E-state index in [1.54, 1.807) is 4.72 Å². The van der Waals surface area contributed by atoms with Gasteiger partial charge in [0.1, 0.15) is 6.04 Å². The zero-order chi connectivity index (χ0) is 12.8. The molecule has 0 aromatic rings. The molecule has 1 amide bonds. The van der Waals surface area contributed by atoms with Crippen molar-refractivity contribution < 1.29 is 23.1 Å². The summed E-state index contributed by atoms with van der Waals surface area (Å²) in [4.78, 5) is 21.0. The number of carbonyl (C=O) groups is 2. The molecule has 0 bridgehead atoms. The Morgan fingerprint density at radius 3 is 2.44 bits per heavy atom. The molecule has 0 aromatic heterocycles. The van der Waals surface area contributed by atoms with Crippen molar-refractivity contribution in [2.45, 2.75) is 18.9 Å². The van der Waals surface area contributed by atoms with Gasteiger partial charge in [-0.25, -0.2) is 13.1 Å². The van der Waals surface area contributed by atoms with Gasteiger partial charge in [0.2, 0.25) is 15.9 Å². The van der Waals surface area contributed by atoms with Crippen LogP contribution in [0.15, 0.2) is 0 Å². The van der Waals surface area contributed by atoms with Crippen LogP contribution in [0.5, 0.6) is 0 Å². The lowest BCUT2D eigenvalue weighted by molar-refractivity contribution is -0.139. The SMILES string of the molecule is N#CCS(=O)(=O)N[C@@H](CCC(N)=O)C(=O)O. The quantitative estimate of drug-likeness (QED) is 0.481. The number of sulfonamides is 1. The second-order valence-electron chi connectivity index (χ2n) is 2.93. The summed E-state index contributed by atoms with van der Waals surface area (Å²) in [6, 6.07) is -0.0708. The molecule has 0 radical (unpaired) electrons. The number of carbonyl (C=O) groups excluding carboxylic acids is 1. The third-order valence-electron chi connectivity index (χ3n) is 1.55. The van der Waals surface area contributed by atoms with Gasteiger partial charge in [0.15, 0.2) is 5.75 Å². The van der Waals surface area contributed by atoms with Crippen LogP contribution in [0.2, 0.25) is 0 Å². The van der Waals surface area contributed by atoms with Gasteiger partial charge in [-0.05, 0) is 6.42 Å². The lowest BCUT2D eigenvalue weighted by atomic mass is 10.2. The van der Waals surface area contributed by atoms with Crippen LogP contribution in [0.4, 0.5) is 0 Å². The number of nitrogens with one attached hydrogen (secondary N) is 1. The number of hydrogen-bond acceptors (Lipinski definition) is 5. The maximum Gasteiger partial charge on any atom is 0.321 e. The normalized spacial score (nSPS) is 12.7. The number of amides is 1. The summed E-state index contributed by atoms with van der Waals surface area (Å²) in [5, 5.41) is 16.8. The molecule has 0 spiro atoms. The van der Waals surface area contributed by atoms with Gasteiger partial charge >= 0.3 is 5.97 Å². The number of hydrogen-bond donors (Lipinski definition) is 3. The van der Waals surface area contributed by atoms with E-state index in [9.17, 15) is 18.0 Å². The summed E-state index contributed by atoms with van der Waals surface area (Å²) in [6.45, 7) is 0. The Balaban J connectivity index is 4.53. The van der Waals surface area contributed by atoms with Crippen molar-refractivity contribution in [3.05, 3.63) is 0 Å². The molecule has 0 fully saturated rings. The molecule has 0 aliphatic carbocycles. The first-order valence-corrected chi connectivity index (χ1v) is 5.82. The monoisotopic (exact) mass is 249 g/mol. The molecule has 16 heavy (non-hydrogen) atoms. The maximum atomic E-state index is 11.1. The number of primary amides is 1. The first-order valence-electron chi connectivity index (χ1n) is 4.16. The third kappa shape index (κ3) is 5.94. The minimum Gasteiger partial charge on any atom is -0.480 e. The number of carboxylic acids is 1. The van der Waals surface area contributed by atoms with Crippen molar-refractivity contribution >= 4 is 21.9 Å².